The van der Waals surface area contributed by atoms with Crippen LogP contribution in [0.25, 0.3) is 11.4 Å². The van der Waals surface area contributed by atoms with Crippen molar-refractivity contribution in [3.63, 3.8) is 0 Å². The van der Waals surface area contributed by atoms with Gasteiger partial charge in [-0.15, -0.1) is 0 Å². The Kier molecular flexibility index (Phi) is 4.95. The van der Waals surface area contributed by atoms with Gasteiger partial charge >= 0.3 is 0 Å². The number of hydrogen-bond acceptors (Lipinski definition) is 8. The fraction of sp³-hybridized carbons (Fsp3) is 0.476. The highest BCUT2D eigenvalue weighted by atomic mass is 32.2. The molecule has 1 saturated heterocycles. The maximum absolute atomic E-state index is 12.2. The van der Waals surface area contributed by atoms with Gasteiger partial charge in [0.15, 0.2) is 0 Å². The molecule has 0 radical (unpaired) electrons. The first kappa shape index (κ1) is 20.3. The van der Waals surface area contributed by atoms with Gasteiger partial charge in [-0.3, -0.25) is 9.88 Å². The molecule has 0 aromatic carbocycles. The number of likely N-dealkylation sites (tertiary alicyclic amines) is 1. The van der Waals surface area contributed by atoms with E-state index in [0.717, 1.165) is 48.1 Å². The van der Waals surface area contributed by atoms with Crippen molar-refractivity contribution >= 4 is 10.0 Å². The molecule has 164 valence electrons. The molecule has 9 nitrogen and oxygen atoms in total. The summed E-state index contributed by atoms with van der Waals surface area (Å²) in [6, 6.07) is 7.06. The maximum atomic E-state index is 12.2. The quantitative estimate of drug-likeness (QED) is 0.573. The standard InChI is InChI=1S/C21H25N5O4S/c1-25(2)31(27,28)18-6-5-16(29-18)14-26-10-7-21(8-11-26)12-17(21)20-23-19(24-30-20)15-4-3-9-22-13-15/h3-6,9,13,17H,7-8,10-12,14H2,1-2H3. The van der Waals surface area contributed by atoms with E-state index in [0.29, 0.717) is 24.0 Å². The van der Waals surface area contributed by atoms with Crippen LogP contribution in [0.2, 0.25) is 0 Å². The molecule has 0 N–H and O–H groups in total. The number of hydrogen-bond donors (Lipinski definition) is 0. The van der Waals surface area contributed by atoms with Gasteiger partial charge in [0, 0.05) is 38.0 Å². The molecular weight excluding hydrogens is 418 g/mol. The first-order chi connectivity index (χ1) is 14.9. The first-order valence-electron chi connectivity index (χ1n) is 10.3. The summed E-state index contributed by atoms with van der Waals surface area (Å²) in [6.07, 6.45) is 6.62. The maximum Gasteiger partial charge on any atom is 0.275 e. The van der Waals surface area contributed by atoms with Gasteiger partial charge in [0.2, 0.25) is 16.8 Å². The van der Waals surface area contributed by atoms with E-state index in [4.69, 9.17) is 8.94 Å². The van der Waals surface area contributed by atoms with Crippen LogP contribution in [-0.4, -0.2) is 59.9 Å². The van der Waals surface area contributed by atoms with Crippen LogP contribution in [0.3, 0.4) is 0 Å². The Morgan fingerprint density at radius 3 is 2.74 bits per heavy atom. The molecule has 1 unspecified atom stereocenters. The molecule has 2 fully saturated rings. The molecule has 4 heterocycles. The smallest absolute Gasteiger partial charge is 0.275 e. The molecule has 3 aromatic rings. The lowest BCUT2D eigenvalue weighted by Crippen LogP contribution is -2.34. The van der Waals surface area contributed by atoms with E-state index < -0.39 is 10.0 Å². The number of piperidine rings is 1. The minimum absolute atomic E-state index is 0.0101. The average molecular weight is 444 g/mol. The van der Waals surface area contributed by atoms with Gasteiger partial charge in [0.05, 0.1) is 6.54 Å². The van der Waals surface area contributed by atoms with Crippen molar-refractivity contribution in [2.75, 3.05) is 27.2 Å². The molecule has 1 spiro atoms. The van der Waals surface area contributed by atoms with Gasteiger partial charge in [0.25, 0.3) is 10.0 Å². The lowest BCUT2D eigenvalue weighted by atomic mass is 9.90. The molecule has 0 bridgehead atoms. The number of aromatic nitrogens is 3. The summed E-state index contributed by atoms with van der Waals surface area (Å²) >= 11 is 0. The fourth-order valence-electron chi connectivity index (χ4n) is 4.38. The Bertz CT molecular complexity index is 1160. The second-order valence-electron chi connectivity index (χ2n) is 8.60. The lowest BCUT2D eigenvalue weighted by Gasteiger charge is -2.32. The summed E-state index contributed by atoms with van der Waals surface area (Å²) in [6.45, 7) is 2.46. The molecule has 5 rings (SSSR count). The van der Waals surface area contributed by atoms with Crippen LogP contribution in [0.1, 0.15) is 36.8 Å². The van der Waals surface area contributed by atoms with Crippen LogP contribution >= 0.6 is 0 Å². The highest BCUT2D eigenvalue weighted by molar-refractivity contribution is 7.88. The molecular formula is C21H25N5O4S. The van der Waals surface area contributed by atoms with Crippen molar-refractivity contribution in [3.05, 3.63) is 48.3 Å². The van der Waals surface area contributed by atoms with Gasteiger partial charge in [-0.25, -0.2) is 12.7 Å². The number of furan rings is 1. The van der Waals surface area contributed by atoms with E-state index >= 15 is 0 Å². The predicted molar refractivity (Wildman–Crippen MR) is 111 cm³/mol. The van der Waals surface area contributed by atoms with Crippen LogP contribution in [0.4, 0.5) is 0 Å². The zero-order chi connectivity index (χ0) is 21.6. The molecule has 1 aliphatic heterocycles. The van der Waals surface area contributed by atoms with E-state index in [1.165, 1.54) is 20.2 Å². The highest BCUT2D eigenvalue weighted by Gasteiger charge is 2.58. The third kappa shape index (κ3) is 3.79. The molecule has 2 aliphatic rings. The van der Waals surface area contributed by atoms with Gasteiger partial charge in [-0.1, -0.05) is 5.16 Å². The van der Waals surface area contributed by atoms with E-state index in [1.807, 2.05) is 12.1 Å². The van der Waals surface area contributed by atoms with E-state index in [-0.39, 0.29) is 10.5 Å². The number of rotatable bonds is 6. The first-order valence-corrected chi connectivity index (χ1v) is 11.8. The average Bonchev–Trinajstić information content (AvgIpc) is 3.14. The summed E-state index contributed by atoms with van der Waals surface area (Å²) in [5.74, 6) is 2.29. The SMILES string of the molecule is CN(C)S(=O)(=O)c1ccc(CN2CCC3(CC2)CC3c2nc(-c3cccnc3)no2)o1. The Balaban J connectivity index is 1.19. The highest BCUT2D eigenvalue weighted by Crippen LogP contribution is 2.64. The van der Waals surface area contributed by atoms with Crippen molar-refractivity contribution in [1.82, 2.24) is 24.3 Å². The van der Waals surface area contributed by atoms with E-state index in [2.05, 4.69) is 20.0 Å². The van der Waals surface area contributed by atoms with Gasteiger partial charge in [0.1, 0.15) is 5.76 Å². The van der Waals surface area contributed by atoms with Crippen molar-refractivity contribution < 1.29 is 17.4 Å². The van der Waals surface area contributed by atoms with Gasteiger partial charge in [-0.05, 0) is 62.0 Å². The fourth-order valence-corrected chi connectivity index (χ4v) is 5.19. The van der Waals surface area contributed by atoms with E-state index in [9.17, 15) is 8.42 Å². The molecule has 31 heavy (non-hydrogen) atoms. The number of sulfonamides is 1. The topological polar surface area (TPSA) is 106 Å². The summed E-state index contributed by atoms with van der Waals surface area (Å²) in [4.78, 5) is 11.0. The van der Waals surface area contributed by atoms with Crippen LogP contribution in [0.15, 0.2) is 50.7 Å². The largest absolute Gasteiger partial charge is 0.447 e. The van der Waals surface area contributed by atoms with Crippen molar-refractivity contribution in [3.8, 4) is 11.4 Å². The minimum atomic E-state index is -3.54. The normalized spacial score (nSPS) is 21.1. The van der Waals surface area contributed by atoms with Crippen LogP contribution in [0.5, 0.6) is 0 Å². The second-order valence-corrected chi connectivity index (χ2v) is 10.7. The third-order valence-electron chi connectivity index (χ3n) is 6.45. The molecule has 0 amide bonds. The predicted octanol–water partition coefficient (Wildman–Crippen LogP) is 2.74. The van der Waals surface area contributed by atoms with Crippen LogP contribution in [0, 0.1) is 5.41 Å². The minimum Gasteiger partial charge on any atom is -0.447 e. The Hall–Kier alpha value is -2.56. The van der Waals surface area contributed by atoms with Crippen LogP contribution < -0.4 is 0 Å². The second kappa shape index (κ2) is 7.54. The van der Waals surface area contributed by atoms with Gasteiger partial charge < -0.3 is 8.94 Å². The monoisotopic (exact) mass is 443 g/mol. The zero-order valence-electron chi connectivity index (χ0n) is 17.6. The summed E-state index contributed by atoms with van der Waals surface area (Å²) in [7, 11) is -0.547. The molecule has 3 aromatic heterocycles. The number of pyridine rings is 1. The molecule has 1 atom stereocenters. The third-order valence-corrected chi connectivity index (χ3v) is 8.14. The van der Waals surface area contributed by atoms with Crippen LogP contribution in [-0.2, 0) is 16.6 Å². The molecule has 1 aliphatic carbocycles. The molecule has 1 saturated carbocycles. The Morgan fingerprint density at radius 2 is 2.03 bits per heavy atom. The Labute approximate surface area is 181 Å². The summed E-state index contributed by atoms with van der Waals surface area (Å²) in [5.41, 5.74) is 1.09. The van der Waals surface area contributed by atoms with Crippen molar-refractivity contribution in [2.24, 2.45) is 5.41 Å². The van der Waals surface area contributed by atoms with E-state index in [1.54, 1.807) is 18.5 Å². The Morgan fingerprint density at radius 1 is 1.23 bits per heavy atom. The number of nitrogens with zero attached hydrogens (tertiary/aromatic N) is 5. The zero-order valence-corrected chi connectivity index (χ0v) is 18.4. The van der Waals surface area contributed by atoms with Crippen molar-refractivity contribution in [2.45, 2.75) is 36.8 Å². The van der Waals surface area contributed by atoms with Gasteiger partial charge in [-0.2, -0.15) is 4.98 Å². The summed E-state index contributed by atoms with van der Waals surface area (Å²) < 4.78 is 36.7. The summed E-state index contributed by atoms with van der Waals surface area (Å²) in [5, 5.41) is 4.12. The lowest BCUT2D eigenvalue weighted by molar-refractivity contribution is 0.147. The van der Waals surface area contributed by atoms with Crippen molar-refractivity contribution in [1.29, 1.82) is 0 Å². The molecule has 10 heteroatoms.